The van der Waals surface area contributed by atoms with Crippen LogP contribution in [0.25, 0.3) is 21.9 Å². The summed E-state index contributed by atoms with van der Waals surface area (Å²) in [6.45, 7) is 4.53. The van der Waals surface area contributed by atoms with E-state index in [1.54, 1.807) is 4.90 Å². The molecule has 0 saturated carbocycles. The van der Waals surface area contributed by atoms with E-state index in [1.807, 2.05) is 66.2 Å². The van der Waals surface area contributed by atoms with Crippen LogP contribution in [0.3, 0.4) is 0 Å². The Hall–Kier alpha value is -3.81. The van der Waals surface area contributed by atoms with Gasteiger partial charge in [0.15, 0.2) is 5.78 Å². The van der Waals surface area contributed by atoms with E-state index in [0.29, 0.717) is 25.9 Å². The largest absolute Gasteiger partial charge is 0.361 e. The van der Waals surface area contributed by atoms with Crippen LogP contribution in [0.4, 0.5) is 4.79 Å². The Bertz CT molecular complexity index is 1410. The number of aromatic nitrogens is 3. The van der Waals surface area contributed by atoms with E-state index in [9.17, 15) is 14.4 Å². The topological polar surface area (TPSA) is 103 Å². The molecule has 8 nitrogen and oxygen atoms in total. The molecular formula is C26H29N5O3. The van der Waals surface area contributed by atoms with Crippen LogP contribution >= 0.6 is 0 Å². The van der Waals surface area contributed by atoms with E-state index < -0.39 is 6.04 Å². The zero-order chi connectivity index (χ0) is 23.8. The molecule has 0 spiro atoms. The first-order valence-corrected chi connectivity index (χ1v) is 11.7. The highest BCUT2D eigenvalue weighted by molar-refractivity contribution is 5.90. The van der Waals surface area contributed by atoms with E-state index >= 15 is 0 Å². The number of para-hydroxylation sites is 3. The van der Waals surface area contributed by atoms with E-state index in [0.717, 1.165) is 27.5 Å². The number of carbonyl (C=O) groups excluding carboxylic acids is 2. The summed E-state index contributed by atoms with van der Waals surface area (Å²) >= 11 is 0. The predicted octanol–water partition coefficient (Wildman–Crippen LogP) is 3.92. The van der Waals surface area contributed by atoms with Gasteiger partial charge in [0.25, 0.3) is 0 Å². The van der Waals surface area contributed by atoms with Crippen LogP contribution in [0.15, 0.2) is 59.5 Å². The fourth-order valence-electron chi connectivity index (χ4n) is 5.22. The number of likely N-dealkylation sites (tertiary alicyclic amines) is 1. The summed E-state index contributed by atoms with van der Waals surface area (Å²) in [5.74, 6) is -0.258. The van der Waals surface area contributed by atoms with Crippen LogP contribution in [0, 0.1) is 0 Å². The van der Waals surface area contributed by atoms with Crippen molar-refractivity contribution in [3.8, 4) is 0 Å². The predicted molar refractivity (Wildman–Crippen MR) is 132 cm³/mol. The third-order valence-corrected chi connectivity index (χ3v) is 7.07. The van der Waals surface area contributed by atoms with Gasteiger partial charge in [0.05, 0.1) is 17.1 Å². The van der Waals surface area contributed by atoms with E-state index in [1.165, 1.54) is 6.92 Å². The zero-order valence-electron chi connectivity index (χ0n) is 19.4. The highest BCUT2D eigenvalue weighted by Gasteiger charge is 2.31. The molecule has 0 radical (unpaired) electrons. The summed E-state index contributed by atoms with van der Waals surface area (Å²) in [5, 5.41) is 4.03. The first-order valence-electron chi connectivity index (χ1n) is 11.7. The third-order valence-electron chi connectivity index (χ3n) is 7.07. The van der Waals surface area contributed by atoms with Crippen molar-refractivity contribution in [1.82, 2.24) is 24.8 Å². The van der Waals surface area contributed by atoms with E-state index in [-0.39, 0.29) is 29.5 Å². The molecule has 1 saturated heterocycles. The summed E-state index contributed by atoms with van der Waals surface area (Å²) < 4.78 is 1.81. The summed E-state index contributed by atoms with van der Waals surface area (Å²) in [6.07, 6.45) is 3.28. The van der Waals surface area contributed by atoms with Gasteiger partial charge in [0.1, 0.15) is 0 Å². The highest BCUT2D eigenvalue weighted by Crippen LogP contribution is 2.29. The van der Waals surface area contributed by atoms with Gasteiger partial charge in [-0.15, -0.1) is 0 Å². The SMILES string of the molecule is CC(=O)[C@H](NC(=O)N1CCC(n2c(=O)[nH]c3ccccc32)CC1)[C@@H](C)c1c[nH]c2ccccc12. The van der Waals surface area contributed by atoms with Gasteiger partial charge >= 0.3 is 11.7 Å². The summed E-state index contributed by atoms with van der Waals surface area (Å²) in [6, 6.07) is 14.8. The van der Waals surface area contributed by atoms with Crippen molar-refractivity contribution >= 4 is 33.8 Å². The number of amides is 2. The van der Waals surface area contributed by atoms with Crippen molar-refractivity contribution < 1.29 is 9.59 Å². The van der Waals surface area contributed by atoms with Crippen molar-refractivity contribution in [3.05, 3.63) is 70.8 Å². The van der Waals surface area contributed by atoms with Crippen LogP contribution in [-0.4, -0.2) is 50.4 Å². The number of Topliss-reactive ketones (excluding diaryl/α,β-unsaturated/α-hetero) is 1. The molecule has 176 valence electrons. The minimum atomic E-state index is -0.624. The maximum absolute atomic E-state index is 13.1. The van der Waals surface area contributed by atoms with Crippen LogP contribution < -0.4 is 11.0 Å². The second-order valence-corrected chi connectivity index (χ2v) is 9.15. The number of nitrogens with one attached hydrogen (secondary N) is 3. The number of H-pyrrole nitrogens is 2. The fourth-order valence-corrected chi connectivity index (χ4v) is 5.22. The third kappa shape index (κ3) is 3.89. The second-order valence-electron chi connectivity index (χ2n) is 9.15. The summed E-state index contributed by atoms with van der Waals surface area (Å²) in [5.41, 5.74) is 3.61. The molecule has 0 unspecified atom stereocenters. The molecule has 2 atom stereocenters. The molecular weight excluding hydrogens is 430 g/mol. The number of imidazole rings is 1. The van der Waals surface area contributed by atoms with Gasteiger partial charge in [-0.05, 0) is 43.5 Å². The molecule has 2 amide bonds. The average Bonchev–Trinajstić information content (AvgIpc) is 3.42. The number of benzene rings is 2. The Balaban J connectivity index is 1.28. The minimum Gasteiger partial charge on any atom is -0.361 e. The zero-order valence-corrected chi connectivity index (χ0v) is 19.4. The molecule has 3 N–H and O–H groups in total. The molecule has 0 aliphatic carbocycles. The monoisotopic (exact) mass is 459 g/mol. The molecule has 0 bridgehead atoms. The maximum atomic E-state index is 13.1. The standard InChI is InChI=1S/C26H29N5O3/c1-16(20-15-27-21-8-4-3-7-19(20)21)24(17(2)32)29-25(33)30-13-11-18(12-14-30)31-23-10-6-5-9-22(23)28-26(31)34/h3-10,15-16,18,24,27H,11-14H2,1-2H3,(H,28,34)(H,29,33)/t16-,24+/m0/s1. The van der Waals surface area contributed by atoms with Crippen molar-refractivity contribution in [1.29, 1.82) is 0 Å². The number of hydrogen-bond donors (Lipinski definition) is 3. The first-order chi connectivity index (χ1) is 16.4. The molecule has 4 aromatic rings. The van der Waals surface area contributed by atoms with Crippen molar-refractivity contribution in [2.24, 2.45) is 0 Å². The molecule has 1 aliphatic rings. The van der Waals surface area contributed by atoms with Crippen molar-refractivity contribution in [2.75, 3.05) is 13.1 Å². The number of aromatic amines is 2. The van der Waals surface area contributed by atoms with Gasteiger partial charge in [-0.1, -0.05) is 37.3 Å². The lowest BCUT2D eigenvalue weighted by Crippen LogP contribution is -2.51. The van der Waals surface area contributed by atoms with Gasteiger partial charge in [0.2, 0.25) is 0 Å². The normalized spacial score (nSPS) is 16.6. The summed E-state index contributed by atoms with van der Waals surface area (Å²) in [7, 11) is 0. The molecule has 1 aliphatic heterocycles. The minimum absolute atomic E-state index is 0.0291. The fraction of sp³-hybridized carbons (Fsp3) is 0.346. The average molecular weight is 460 g/mol. The number of piperidine rings is 1. The lowest BCUT2D eigenvalue weighted by Gasteiger charge is -2.34. The Morgan fingerprint density at radius 1 is 1.03 bits per heavy atom. The van der Waals surface area contributed by atoms with Gasteiger partial charge < -0.3 is 20.2 Å². The number of ketones is 1. The number of urea groups is 1. The number of hydrogen-bond acceptors (Lipinski definition) is 3. The first kappa shape index (κ1) is 22.0. The molecule has 2 aromatic heterocycles. The Morgan fingerprint density at radius 2 is 1.71 bits per heavy atom. The molecule has 1 fully saturated rings. The number of nitrogens with zero attached hydrogens (tertiary/aromatic N) is 2. The Kier molecular flexibility index (Phi) is 5.73. The number of fused-ring (bicyclic) bond motifs is 2. The number of rotatable bonds is 5. The van der Waals surface area contributed by atoms with Gasteiger partial charge in [-0.3, -0.25) is 9.36 Å². The molecule has 8 heteroatoms. The van der Waals surface area contributed by atoms with Crippen LogP contribution in [0.2, 0.25) is 0 Å². The molecule has 5 rings (SSSR count). The molecule has 2 aromatic carbocycles. The maximum Gasteiger partial charge on any atom is 0.326 e. The Morgan fingerprint density at radius 3 is 2.44 bits per heavy atom. The van der Waals surface area contributed by atoms with Gasteiger partial charge in [-0.25, -0.2) is 9.59 Å². The quantitative estimate of drug-likeness (QED) is 0.421. The van der Waals surface area contributed by atoms with Crippen LogP contribution in [-0.2, 0) is 4.79 Å². The van der Waals surface area contributed by atoms with E-state index in [2.05, 4.69) is 15.3 Å². The lowest BCUT2D eigenvalue weighted by molar-refractivity contribution is -0.119. The van der Waals surface area contributed by atoms with Crippen molar-refractivity contribution in [2.45, 2.75) is 44.7 Å². The van der Waals surface area contributed by atoms with Crippen molar-refractivity contribution in [3.63, 3.8) is 0 Å². The summed E-state index contributed by atoms with van der Waals surface area (Å²) in [4.78, 5) is 46.1. The molecule has 3 heterocycles. The Labute approximate surface area is 197 Å². The van der Waals surface area contributed by atoms with Gasteiger partial charge in [-0.2, -0.15) is 0 Å². The number of carbonyl (C=O) groups is 2. The van der Waals surface area contributed by atoms with Gasteiger partial charge in [0, 0.05) is 42.1 Å². The highest BCUT2D eigenvalue weighted by atomic mass is 16.2. The van der Waals surface area contributed by atoms with E-state index in [4.69, 9.17) is 0 Å². The second kappa shape index (κ2) is 8.85. The van der Waals surface area contributed by atoms with Crippen LogP contribution in [0.5, 0.6) is 0 Å². The van der Waals surface area contributed by atoms with Crippen LogP contribution in [0.1, 0.15) is 44.2 Å². The molecule has 34 heavy (non-hydrogen) atoms. The smallest absolute Gasteiger partial charge is 0.326 e. The lowest BCUT2D eigenvalue weighted by atomic mass is 9.90.